The first-order chi connectivity index (χ1) is 12.7. The Morgan fingerprint density at radius 1 is 1.26 bits per heavy atom. The molecule has 8 heteroatoms. The van der Waals surface area contributed by atoms with Crippen LogP contribution >= 0.6 is 0 Å². The van der Waals surface area contributed by atoms with Gasteiger partial charge in [0, 0.05) is 45.6 Å². The quantitative estimate of drug-likeness (QED) is 0.556. The fourth-order valence-electron chi connectivity index (χ4n) is 3.55. The third-order valence-electron chi connectivity index (χ3n) is 5.02. The zero-order chi connectivity index (χ0) is 20.3. The number of hydrogen-bond acceptors (Lipinski definition) is 5. The van der Waals surface area contributed by atoms with Crippen molar-refractivity contribution in [2.45, 2.75) is 32.8 Å². The van der Waals surface area contributed by atoms with Gasteiger partial charge >= 0.3 is 12.0 Å². The molecule has 1 aromatic heterocycles. The van der Waals surface area contributed by atoms with Crippen LogP contribution < -0.4 is 0 Å². The summed E-state index contributed by atoms with van der Waals surface area (Å²) >= 11 is 0. The Morgan fingerprint density at radius 2 is 1.93 bits per heavy atom. The number of methoxy groups -OCH3 is 1. The predicted octanol–water partition coefficient (Wildman–Crippen LogP) is 1.77. The van der Waals surface area contributed by atoms with Crippen LogP contribution in [0.3, 0.4) is 0 Å². The summed E-state index contributed by atoms with van der Waals surface area (Å²) in [6.07, 6.45) is 1.79. The van der Waals surface area contributed by atoms with Crippen LogP contribution in [0.4, 0.5) is 4.79 Å². The number of amides is 2. The summed E-state index contributed by atoms with van der Waals surface area (Å²) in [7, 11) is 6.35. The van der Waals surface area contributed by atoms with Gasteiger partial charge < -0.3 is 23.8 Å². The Labute approximate surface area is 160 Å². The molecule has 1 saturated heterocycles. The minimum absolute atomic E-state index is 0.0507. The van der Waals surface area contributed by atoms with Crippen molar-refractivity contribution in [3.05, 3.63) is 22.5 Å². The zero-order valence-electron chi connectivity index (χ0n) is 17.0. The Bertz CT molecular complexity index is 732. The van der Waals surface area contributed by atoms with Gasteiger partial charge in [-0.05, 0) is 32.3 Å². The molecule has 1 fully saturated rings. The van der Waals surface area contributed by atoms with Crippen molar-refractivity contribution in [2.75, 3.05) is 40.9 Å². The predicted molar refractivity (Wildman–Crippen MR) is 100 cm³/mol. The maximum absolute atomic E-state index is 13.1. The topological polar surface area (TPSA) is 81.1 Å². The van der Waals surface area contributed by atoms with Gasteiger partial charge in [0.25, 0.3) is 0 Å². The smallest absolute Gasteiger partial charge is 0.354 e. The van der Waals surface area contributed by atoms with Crippen LogP contribution in [0.2, 0.25) is 0 Å². The number of carbonyl (C=O) groups is 3. The molecule has 1 unspecified atom stereocenters. The number of ketones is 1. The van der Waals surface area contributed by atoms with E-state index in [-0.39, 0.29) is 24.5 Å². The lowest BCUT2D eigenvalue weighted by Crippen LogP contribution is -2.45. The SMILES string of the molecule is COC(=O)c1c(C)c(C(=O)CN(CC2CCCO2)C(=O)N(C)C)c(C)n1C. The van der Waals surface area contributed by atoms with Crippen LogP contribution in [0.5, 0.6) is 0 Å². The highest BCUT2D eigenvalue weighted by Gasteiger charge is 2.29. The number of aromatic nitrogens is 1. The molecule has 2 rings (SSSR count). The maximum Gasteiger partial charge on any atom is 0.354 e. The van der Waals surface area contributed by atoms with Gasteiger partial charge in [-0.25, -0.2) is 9.59 Å². The van der Waals surface area contributed by atoms with Crippen molar-refractivity contribution < 1.29 is 23.9 Å². The molecule has 27 heavy (non-hydrogen) atoms. The number of hydrogen-bond donors (Lipinski definition) is 0. The Balaban J connectivity index is 2.29. The van der Waals surface area contributed by atoms with Crippen LogP contribution in [-0.2, 0) is 16.5 Å². The lowest BCUT2D eigenvalue weighted by Gasteiger charge is -2.27. The summed E-state index contributed by atoms with van der Waals surface area (Å²) in [6.45, 7) is 4.50. The van der Waals surface area contributed by atoms with Gasteiger partial charge in [-0.3, -0.25) is 4.79 Å². The number of ether oxygens (including phenoxy) is 2. The van der Waals surface area contributed by atoms with E-state index in [1.54, 1.807) is 39.6 Å². The van der Waals surface area contributed by atoms with Crippen molar-refractivity contribution in [1.82, 2.24) is 14.4 Å². The second-order valence-electron chi connectivity index (χ2n) is 7.10. The molecule has 8 nitrogen and oxygen atoms in total. The summed E-state index contributed by atoms with van der Waals surface area (Å²) in [6, 6.07) is -0.238. The number of esters is 1. The van der Waals surface area contributed by atoms with Crippen LogP contribution in [0, 0.1) is 13.8 Å². The molecule has 0 spiro atoms. The molecule has 2 heterocycles. The first kappa shape index (κ1) is 21.0. The van der Waals surface area contributed by atoms with Crippen LogP contribution in [0.25, 0.3) is 0 Å². The molecule has 1 atom stereocenters. The van der Waals surface area contributed by atoms with Crippen LogP contribution in [0.15, 0.2) is 0 Å². The normalized spacial score (nSPS) is 16.3. The van der Waals surface area contributed by atoms with E-state index in [4.69, 9.17) is 9.47 Å². The van der Waals surface area contributed by atoms with E-state index in [2.05, 4.69) is 0 Å². The first-order valence-electron chi connectivity index (χ1n) is 9.04. The van der Waals surface area contributed by atoms with E-state index in [1.165, 1.54) is 16.9 Å². The third kappa shape index (κ3) is 4.32. The third-order valence-corrected chi connectivity index (χ3v) is 5.02. The lowest BCUT2D eigenvalue weighted by atomic mass is 10.0. The summed E-state index contributed by atoms with van der Waals surface area (Å²) in [5, 5.41) is 0. The molecule has 0 saturated carbocycles. The van der Waals surface area contributed by atoms with E-state index in [9.17, 15) is 14.4 Å². The highest BCUT2D eigenvalue weighted by Crippen LogP contribution is 2.23. The van der Waals surface area contributed by atoms with E-state index in [0.29, 0.717) is 35.7 Å². The average Bonchev–Trinajstić information content (AvgIpc) is 3.20. The summed E-state index contributed by atoms with van der Waals surface area (Å²) in [4.78, 5) is 40.6. The molecule has 0 bridgehead atoms. The van der Waals surface area contributed by atoms with Gasteiger partial charge in [0.1, 0.15) is 5.69 Å². The van der Waals surface area contributed by atoms with Gasteiger partial charge in [-0.1, -0.05) is 0 Å². The van der Waals surface area contributed by atoms with Gasteiger partial charge in [0.2, 0.25) is 0 Å². The highest BCUT2D eigenvalue weighted by atomic mass is 16.5. The number of carbonyl (C=O) groups excluding carboxylic acids is 3. The lowest BCUT2D eigenvalue weighted by molar-refractivity contribution is 0.0588. The highest BCUT2D eigenvalue weighted by molar-refractivity contribution is 6.04. The summed E-state index contributed by atoms with van der Waals surface area (Å²) in [5.74, 6) is -0.693. The van der Waals surface area contributed by atoms with Crippen molar-refractivity contribution >= 4 is 17.8 Å². The van der Waals surface area contributed by atoms with Gasteiger partial charge in [-0.2, -0.15) is 0 Å². The minimum Gasteiger partial charge on any atom is -0.464 e. The summed E-state index contributed by atoms with van der Waals surface area (Å²) < 4.78 is 12.1. The van der Waals surface area contributed by atoms with Crippen molar-refractivity contribution in [2.24, 2.45) is 7.05 Å². The minimum atomic E-state index is -0.488. The van der Waals surface area contributed by atoms with E-state index in [1.807, 2.05) is 0 Å². The number of Topliss-reactive ketones (excluding diaryl/α,β-unsaturated/α-hetero) is 1. The Hall–Kier alpha value is -2.35. The average molecular weight is 379 g/mol. The van der Waals surface area contributed by atoms with Crippen molar-refractivity contribution in [1.29, 1.82) is 0 Å². The number of rotatable bonds is 6. The molecule has 1 aliphatic heterocycles. The van der Waals surface area contributed by atoms with Gasteiger partial charge in [0.15, 0.2) is 5.78 Å². The molecule has 1 aromatic rings. The Kier molecular flexibility index (Phi) is 6.64. The molecular formula is C19H29N3O5. The molecule has 0 aliphatic carbocycles. The number of nitrogens with zero attached hydrogens (tertiary/aromatic N) is 3. The molecule has 0 N–H and O–H groups in total. The van der Waals surface area contributed by atoms with Crippen LogP contribution in [-0.4, -0.2) is 79.2 Å². The first-order valence-corrected chi connectivity index (χ1v) is 9.04. The molecule has 0 radical (unpaired) electrons. The standard InChI is InChI=1S/C19H29N3O5/c1-12-16(13(2)21(5)17(12)18(24)26-6)15(23)11-22(19(25)20(3)4)10-14-8-7-9-27-14/h14H,7-11H2,1-6H3. The fourth-order valence-corrected chi connectivity index (χ4v) is 3.55. The molecular weight excluding hydrogens is 350 g/mol. The molecule has 1 aliphatic rings. The fraction of sp³-hybridized carbons (Fsp3) is 0.632. The van der Waals surface area contributed by atoms with Crippen molar-refractivity contribution in [3.8, 4) is 0 Å². The van der Waals surface area contributed by atoms with E-state index in [0.717, 1.165) is 12.8 Å². The molecule has 2 amide bonds. The zero-order valence-corrected chi connectivity index (χ0v) is 17.0. The summed E-state index contributed by atoms with van der Waals surface area (Å²) in [5.41, 5.74) is 2.05. The second-order valence-corrected chi connectivity index (χ2v) is 7.10. The van der Waals surface area contributed by atoms with Crippen molar-refractivity contribution in [3.63, 3.8) is 0 Å². The van der Waals surface area contributed by atoms with Gasteiger partial charge in [0.05, 0.1) is 19.8 Å². The monoisotopic (exact) mass is 379 g/mol. The molecule has 150 valence electrons. The second kappa shape index (κ2) is 8.56. The van der Waals surface area contributed by atoms with E-state index >= 15 is 0 Å². The Morgan fingerprint density at radius 3 is 2.44 bits per heavy atom. The largest absolute Gasteiger partial charge is 0.464 e. The van der Waals surface area contributed by atoms with E-state index < -0.39 is 5.97 Å². The van der Waals surface area contributed by atoms with Crippen LogP contribution in [0.1, 0.15) is 44.9 Å². The maximum atomic E-state index is 13.1. The van der Waals surface area contributed by atoms with Gasteiger partial charge in [-0.15, -0.1) is 0 Å². The molecule has 0 aromatic carbocycles. The number of urea groups is 1.